The second-order valence-electron chi connectivity index (χ2n) is 5.21. The molecule has 0 saturated carbocycles. The standard InChI is InChI=1S/C17H18ClN3O3S/c1-12(25-14-8-6-13(18)7-9-14)17(22)20-11-10-19-15-4-2-3-5-16(15)21(23)24/h2-9,12,19H,10-11H2,1H3,(H,20,22)/t12-/m1/s1. The van der Waals surface area contributed by atoms with Crippen LogP contribution in [-0.4, -0.2) is 29.2 Å². The van der Waals surface area contributed by atoms with Gasteiger partial charge in [-0.2, -0.15) is 0 Å². The van der Waals surface area contributed by atoms with Gasteiger partial charge in [-0.1, -0.05) is 23.7 Å². The number of nitrogens with one attached hydrogen (secondary N) is 2. The molecule has 2 N–H and O–H groups in total. The first kappa shape index (κ1) is 19.1. The van der Waals surface area contributed by atoms with Gasteiger partial charge >= 0.3 is 0 Å². The van der Waals surface area contributed by atoms with Crippen LogP contribution in [0.2, 0.25) is 5.02 Å². The summed E-state index contributed by atoms with van der Waals surface area (Å²) in [6.45, 7) is 2.59. The van der Waals surface area contributed by atoms with Gasteiger partial charge in [0.15, 0.2) is 0 Å². The normalized spacial score (nSPS) is 11.6. The fraction of sp³-hybridized carbons (Fsp3) is 0.235. The van der Waals surface area contributed by atoms with Crippen LogP contribution in [0.4, 0.5) is 11.4 Å². The summed E-state index contributed by atoms with van der Waals surface area (Å²) in [6, 6.07) is 13.7. The molecule has 25 heavy (non-hydrogen) atoms. The first-order valence-corrected chi connectivity index (χ1v) is 8.90. The van der Waals surface area contributed by atoms with Crippen LogP contribution in [0.1, 0.15) is 6.92 Å². The quantitative estimate of drug-likeness (QED) is 0.314. The van der Waals surface area contributed by atoms with Gasteiger partial charge in [0.2, 0.25) is 5.91 Å². The SMILES string of the molecule is C[C@@H](Sc1ccc(Cl)cc1)C(=O)NCCNc1ccccc1[N+](=O)[O-]. The highest BCUT2D eigenvalue weighted by Gasteiger charge is 2.14. The smallest absolute Gasteiger partial charge is 0.292 e. The van der Waals surface area contributed by atoms with Crippen LogP contribution in [0.15, 0.2) is 53.4 Å². The van der Waals surface area contributed by atoms with Crippen molar-refractivity contribution >= 4 is 40.6 Å². The van der Waals surface area contributed by atoms with Gasteiger partial charge in [0.1, 0.15) is 5.69 Å². The first-order chi connectivity index (χ1) is 12.0. The molecule has 0 unspecified atom stereocenters. The van der Waals surface area contributed by atoms with E-state index in [1.165, 1.54) is 17.8 Å². The fourth-order valence-corrected chi connectivity index (χ4v) is 3.10. The predicted molar refractivity (Wildman–Crippen MR) is 101 cm³/mol. The van der Waals surface area contributed by atoms with Gasteiger partial charge in [0.25, 0.3) is 5.69 Å². The average molecular weight is 380 g/mol. The number of hydrogen-bond donors (Lipinski definition) is 2. The van der Waals surface area contributed by atoms with Gasteiger partial charge in [0, 0.05) is 29.1 Å². The van der Waals surface area contributed by atoms with E-state index in [9.17, 15) is 14.9 Å². The number of hydrogen-bond acceptors (Lipinski definition) is 5. The zero-order valence-electron chi connectivity index (χ0n) is 13.6. The molecule has 6 nitrogen and oxygen atoms in total. The Morgan fingerprint density at radius 1 is 1.20 bits per heavy atom. The molecule has 2 rings (SSSR count). The van der Waals surface area contributed by atoms with Crippen LogP contribution >= 0.6 is 23.4 Å². The van der Waals surface area contributed by atoms with E-state index < -0.39 is 4.92 Å². The van der Waals surface area contributed by atoms with Gasteiger partial charge in [-0.3, -0.25) is 14.9 Å². The van der Waals surface area contributed by atoms with Crippen LogP contribution < -0.4 is 10.6 Å². The maximum absolute atomic E-state index is 12.1. The summed E-state index contributed by atoms with van der Waals surface area (Å²) < 4.78 is 0. The summed E-state index contributed by atoms with van der Waals surface area (Å²) in [4.78, 5) is 23.6. The minimum atomic E-state index is -0.439. The summed E-state index contributed by atoms with van der Waals surface area (Å²) in [5.41, 5.74) is 0.450. The Hall–Kier alpha value is -2.25. The average Bonchev–Trinajstić information content (AvgIpc) is 2.60. The van der Waals surface area contributed by atoms with Crippen LogP contribution in [0.25, 0.3) is 0 Å². The van der Waals surface area contributed by atoms with E-state index in [4.69, 9.17) is 11.6 Å². The summed E-state index contributed by atoms with van der Waals surface area (Å²) in [5.74, 6) is -0.0932. The number of amides is 1. The number of thioether (sulfide) groups is 1. The molecule has 0 aromatic heterocycles. The second-order valence-corrected chi connectivity index (χ2v) is 7.06. The number of nitro benzene ring substituents is 1. The molecule has 0 aliphatic heterocycles. The molecule has 1 amide bonds. The molecular weight excluding hydrogens is 362 g/mol. The van der Waals surface area contributed by atoms with Crippen molar-refractivity contribution in [3.63, 3.8) is 0 Å². The number of halogens is 1. The summed E-state index contributed by atoms with van der Waals surface area (Å²) in [6.07, 6.45) is 0. The van der Waals surface area contributed by atoms with E-state index in [1.54, 1.807) is 30.3 Å². The van der Waals surface area contributed by atoms with Gasteiger partial charge < -0.3 is 10.6 Å². The van der Waals surface area contributed by atoms with Crippen molar-refractivity contribution in [2.45, 2.75) is 17.1 Å². The molecule has 8 heteroatoms. The molecule has 0 fully saturated rings. The summed E-state index contributed by atoms with van der Waals surface area (Å²) in [5, 5.41) is 17.1. The van der Waals surface area contributed by atoms with Gasteiger partial charge in [-0.15, -0.1) is 11.8 Å². The molecule has 0 saturated heterocycles. The van der Waals surface area contributed by atoms with E-state index in [-0.39, 0.29) is 16.8 Å². The zero-order chi connectivity index (χ0) is 18.2. The predicted octanol–water partition coefficient (Wildman–Crippen LogP) is 3.96. The molecule has 0 aliphatic carbocycles. The number of carbonyl (C=O) groups is 1. The maximum Gasteiger partial charge on any atom is 0.292 e. The lowest BCUT2D eigenvalue weighted by Crippen LogP contribution is -2.34. The Labute approximate surface area is 155 Å². The topological polar surface area (TPSA) is 84.3 Å². The lowest BCUT2D eigenvalue weighted by atomic mass is 10.2. The van der Waals surface area contributed by atoms with E-state index in [1.807, 2.05) is 19.1 Å². The van der Waals surface area contributed by atoms with Crippen LogP contribution in [0, 0.1) is 10.1 Å². The Morgan fingerprint density at radius 2 is 1.88 bits per heavy atom. The minimum absolute atomic E-state index is 0.0143. The van der Waals surface area contributed by atoms with Crippen molar-refractivity contribution in [2.75, 3.05) is 18.4 Å². The number of benzene rings is 2. The monoisotopic (exact) mass is 379 g/mol. The van der Waals surface area contributed by atoms with Crippen molar-refractivity contribution in [1.29, 1.82) is 0 Å². The fourth-order valence-electron chi connectivity index (χ4n) is 2.08. The summed E-state index contributed by atoms with van der Waals surface area (Å²) >= 11 is 7.28. The number of rotatable bonds is 8. The second kappa shape index (κ2) is 9.29. The lowest BCUT2D eigenvalue weighted by molar-refractivity contribution is -0.384. The Kier molecular flexibility index (Phi) is 7.09. The maximum atomic E-state index is 12.1. The number of anilines is 1. The van der Waals surface area contributed by atoms with E-state index in [2.05, 4.69) is 10.6 Å². The Bertz CT molecular complexity index is 740. The molecule has 2 aromatic rings. The Balaban J connectivity index is 1.76. The van der Waals surface area contributed by atoms with Crippen molar-refractivity contribution in [3.8, 4) is 0 Å². The zero-order valence-corrected chi connectivity index (χ0v) is 15.1. The molecule has 0 spiro atoms. The van der Waals surface area contributed by atoms with Crippen LogP contribution in [0.5, 0.6) is 0 Å². The third-order valence-corrected chi connectivity index (χ3v) is 4.70. The van der Waals surface area contributed by atoms with E-state index in [0.29, 0.717) is 23.8 Å². The van der Waals surface area contributed by atoms with Crippen molar-refractivity contribution in [2.24, 2.45) is 0 Å². The number of carbonyl (C=O) groups excluding carboxylic acids is 1. The minimum Gasteiger partial charge on any atom is -0.378 e. The molecule has 2 aromatic carbocycles. The number of nitro groups is 1. The highest BCUT2D eigenvalue weighted by molar-refractivity contribution is 8.00. The largest absolute Gasteiger partial charge is 0.378 e. The first-order valence-electron chi connectivity index (χ1n) is 7.64. The highest BCUT2D eigenvalue weighted by atomic mass is 35.5. The third kappa shape index (κ3) is 5.95. The molecule has 0 bridgehead atoms. The van der Waals surface area contributed by atoms with Gasteiger partial charge in [-0.05, 0) is 37.3 Å². The number of para-hydroxylation sites is 2. The third-order valence-electron chi connectivity index (χ3n) is 3.34. The van der Waals surface area contributed by atoms with Crippen molar-refractivity contribution in [1.82, 2.24) is 5.32 Å². The van der Waals surface area contributed by atoms with Gasteiger partial charge in [0.05, 0.1) is 10.2 Å². The van der Waals surface area contributed by atoms with Crippen molar-refractivity contribution in [3.05, 3.63) is 63.7 Å². The number of nitrogens with zero attached hydrogens (tertiary/aromatic N) is 1. The van der Waals surface area contributed by atoms with Gasteiger partial charge in [-0.25, -0.2) is 0 Å². The Morgan fingerprint density at radius 3 is 2.56 bits per heavy atom. The van der Waals surface area contributed by atoms with Crippen LogP contribution in [-0.2, 0) is 4.79 Å². The van der Waals surface area contributed by atoms with Crippen molar-refractivity contribution < 1.29 is 9.72 Å². The molecule has 0 radical (unpaired) electrons. The van der Waals surface area contributed by atoms with E-state index >= 15 is 0 Å². The molecule has 1 atom stereocenters. The summed E-state index contributed by atoms with van der Waals surface area (Å²) in [7, 11) is 0. The molecule has 0 aliphatic rings. The molecule has 132 valence electrons. The molecule has 0 heterocycles. The van der Waals surface area contributed by atoms with E-state index in [0.717, 1.165) is 4.90 Å². The van der Waals surface area contributed by atoms with Crippen LogP contribution in [0.3, 0.4) is 0 Å². The molecular formula is C17H18ClN3O3S. The highest BCUT2D eigenvalue weighted by Crippen LogP contribution is 2.25. The lowest BCUT2D eigenvalue weighted by Gasteiger charge is -2.13.